The lowest BCUT2D eigenvalue weighted by atomic mass is 10.3. The third kappa shape index (κ3) is 4.55. The molecule has 4 nitrogen and oxygen atoms in total. The Balaban J connectivity index is 2.36. The lowest BCUT2D eigenvalue weighted by molar-refractivity contribution is -0.116. The number of aromatic nitrogens is 1. The van der Waals surface area contributed by atoms with Crippen molar-refractivity contribution < 1.29 is 9.90 Å². The molecular weight excluding hydrogens is 224 g/mol. The molecule has 2 N–H and O–H groups in total. The second-order valence-electron chi connectivity index (χ2n) is 3.43. The molecule has 1 atom stereocenters. The van der Waals surface area contributed by atoms with Crippen molar-refractivity contribution >= 4 is 23.3 Å². The van der Waals surface area contributed by atoms with E-state index in [0.717, 1.165) is 10.7 Å². The summed E-state index contributed by atoms with van der Waals surface area (Å²) in [5.41, 5.74) is 0.786. The van der Waals surface area contributed by atoms with E-state index in [9.17, 15) is 9.90 Å². The minimum atomic E-state index is -0.473. The molecule has 1 aromatic rings. The highest BCUT2D eigenvalue weighted by Crippen LogP contribution is 2.08. The zero-order chi connectivity index (χ0) is 12.0. The predicted molar refractivity (Wildman–Crippen MR) is 65.2 cm³/mol. The van der Waals surface area contributed by atoms with Crippen molar-refractivity contribution in [2.45, 2.75) is 26.4 Å². The molecule has 0 aliphatic rings. The van der Waals surface area contributed by atoms with Crippen LogP contribution in [0.25, 0.3) is 6.08 Å². The van der Waals surface area contributed by atoms with Gasteiger partial charge in [-0.3, -0.25) is 4.79 Å². The smallest absolute Gasteiger partial charge is 0.244 e. The van der Waals surface area contributed by atoms with Gasteiger partial charge in [-0.15, -0.1) is 11.3 Å². The summed E-state index contributed by atoms with van der Waals surface area (Å²) in [4.78, 5) is 15.5. The highest BCUT2D eigenvalue weighted by Gasteiger charge is 2.02. The van der Waals surface area contributed by atoms with E-state index in [1.807, 2.05) is 19.2 Å². The Morgan fingerprint density at radius 3 is 3.06 bits per heavy atom. The fourth-order valence-corrected chi connectivity index (χ4v) is 1.62. The maximum absolute atomic E-state index is 11.3. The number of aliphatic hydroxyl groups is 1. The summed E-state index contributed by atoms with van der Waals surface area (Å²) in [6.45, 7) is 4.07. The monoisotopic (exact) mass is 240 g/mol. The van der Waals surface area contributed by atoms with Crippen LogP contribution in [-0.4, -0.2) is 28.6 Å². The van der Waals surface area contributed by atoms with Gasteiger partial charge in [0.15, 0.2) is 0 Å². The molecule has 0 aromatic carbocycles. The van der Waals surface area contributed by atoms with E-state index in [4.69, 9.17) is 0 Å². The van der Waals surface area contributed by atoms with E-state index in [-0.39, 0.29) is 12.5 Å². The van der Waals surface area contributed by atoms with Gasteiger partial charge >= 0.3 is 0 Å². The van der Waals surface area contributed by atoms with Crippen LogP contribution in [-0.2, 0) is 4.79 Å². The third-order valence-corrected chi connectivity index (χ3v) is 2.82. The SMILES string of the molecule is CCC(O)CNC(=O)/C=C/c1csc(C)n1. The molecule has 0 aliphatic carbocycles. The van der Waals surface area contributed by atoms with Crippen molar-refractivity contribution in [3.8, 4) is 0 Å². The molecule has 0 bridgehead atoms. The molecule has 0 aliphatic heterocycles. The van der Waals surface area contributed by atoms with E-state index >= 15 is 0 Å². The van der Waals surface area contributed by atoms with Crippen molar-refractivity contribution in [1.82, 2.24) is 10.3 Å². The first-order chi connectivity index (χ1) is 7.61. The Labute approximate surface area is 99.0 Å². The van der Waals surface area contributed by atoms with E-state index in [1.165, 1.54) is 6.08 Å². The average molecular weight is 240 g/mol. The number of thiazole rings is 1. The molecule has 5 heteroatoms. The minimum absolute atomic E-state index is 0.210. The van der Waals surface area contributed by atoms with Gasteiger partial charge in [0.05, 0.1) is 16.8 Å². The first-order valence-corrected chi connectivity index (χ1v) is 6.06. The molecule has 0 spiro atoms. The number of carbonyl (C=O) groups excluding carboxylic acids is 1. The van der Waals surface area contributed by atoms with Crippen LogP contribution >= 0.6 is 11.3 Å². The zero-order valence-corrected chi connectivity index (χ0v) is 10.3. The van der Waals surface area contributed by atoms with Gasteiger partial charge in [-0.05, 0) is 19.4 Å². The average Bonchev–Trinajstić information content (AvgIpc) is 2.69. The highest BCUT2D eigenvalue weighted by atomic mass is 32.1. The van der Waals surface area contributed by atoms with E-state index in [2.05, 4.69) is 10.3 Å². The highest BCUT2D eigenvalue weighted by molar-refractivity contribution is 7.09. The first-order valence-electron chi connectivity index (χ1n) is 5.18. The van der Waals surface area contributed by atoms with Crippen LogP contribution in [0.5, 0.6) is 0 Å². The van der Waals surface area contributed by atoms with Gasteiger partial charge in [-0.2, -0.15) is 0 Å². The van der Waals surface area contributed by atoms with Crippen LogP contribution in [0.1, 0.15) is 24.0 Å². The molecule has 1 rings (SSSR count). The lowest BCUT2D eigenvalue weighted by Crippen LogP contribution is -2.30. The number of hydrogen-bond acceptors (Lipinski definition) is 4. The Morgan fingerprint density at radius 1 is 1.75 bits per heavy atom. The molecule has 88 valence electrons. The topological polar surface area (TPSA) is 62.2 Å². The number of nitrogens with zero attached hydrogens (tertiary/aromatic N) is 1. The van der Waals surface area contributed by atoms with E-state index < -0.39 is 6.10 Å². The van der Waals surface area contributed by atoms with Crippen molar-refractivity contribution in [2.24, 2.45) is 0 Å². The van der Waals surface area contributed by atoms with Crippen LogP contribution in [0.3, 0.4) is 0 Å². The summed E-state index contributed by atoms with van der Waals surface area (Å²) < 4.78 is 0. The van der Waals surface area contributed by atoms with Gasteiger partial charge in [0.2, 0.25) is 5.91 Å². The van der Waals surface area contributed by atoms with Crippen molar-refractivity contribution in [3.05, 3.63) is 22.2 Å². The van der Waals surface area contributed by atoms with Crippen LogP contribution in [0.2, 0.25) is 0 Å². The molecule has 0 radical (unpaired) electrons. The Kier molecular flexibility index (Phi) is 5.14. The lowest BCUT2D eigenvalue weighted by Gasteiger charge is -2.06. The maximum atomic E-state index is 11.3. The van der Waals surface area contributed by atoms with Crippen LogP contribution in [0.4, 0.5) is 0 Å². The number of hydrogen-bond donors (Lipinski definition) is 2. The molecule has 1 unspecified atom stereocenters. The Hall–Kier alpha value is -1.20. The van der Waals surface area contributed by atoms with Gasteiger partial charge in [0, 0.05) is 18.0 Å². The molecule has 0 saturated heterocycles. The molecule has 0 fully saturated rings. The van der Waals surface area contributed by atoms with Crippen LogP contribution in [0, 0.1) is 6.92 Å². The Bertz CT molecular complexity index is 374. The summed E-state index contributed by atoms with van der Waals surface area (Å²) in [5.74, 6) is -0.210. The van der Waals surface area contributed by atoms with Gasteiger partial charge in [-0.25, -0.2) is 4.98 Å². The summed E-state index contributed by atoms with van der Waals surface area (Å²) in [5, 5.41) is 14.7. The largest absolute Gasteiger partial charge is 0.391 e. The second-order valence-corrected chi connectivity index (χ2v) is 4.49. The fourth-order valence-electron chi connectivity index (χ4n) is 1.04. The number of amides is 1. The number of carbonyl (C=O) groups is 1. The molecule has 1 heterocycles. The zero-order valence-electron chi connectivity index (χ0n) is 9.43. The molecule has 0 saturated carbocycles. The Morgan fingerprint density at radius 2 is 2.50 bits per heavy atom. The second kappa shape index (κ2) is 6.40. The number of rotatable bonds is 5. The van der Waals surface area contributed by atoms with E-state index in [1.54, 1.807) is 17.4 Å². The number of aliphatic hydroxyl groups excluding tert-OH is 1. The van der Waals surface area contributed by atoms with Crippen molar-refractivity contribution in [1.29, 1.82) is 0 Å². The maximum Gasteiger partial charge on any atom is 0.244 e. The molecule has 1 aromatic heterocycles. The standard InChI is InChI=1S/C11H16N2O2S/c1-3-10(14)6-12-11(15)5-4-9-7-16-8(2)13-9/h4-5,7,10,14H,3,6H2,1-2H3,(H,12,15)/b5-4+. The van der Waals surface area contributed by atoms with Crippen molar-refractivity contribution in [3.63, 3.8) is 0 Å². The summed E-state index contributed by atoms with van der Waals surface area (Å²) in [7, 11) is 0. The number of aryl methyl sites for hydroxylation is 1. The third-order valence-electron chi connectivity index (χ3n) is 2.03. The van der Waals surface area contributed by atoms with Gasteiger partial charge in [0.1, 0.15) is 0 Å². The van der Waals surface area contributed by atoms with Crippen LogP contribution in [0.15, 0.2) is 11.5 Å². The quantitative estimate of drug-likeness (QED) is 0.764. The summed E-state index contributed by atoms with van der Waals surface area (Å²) in [6.07, 6.45) is 3.25. The first kappa shape index (κ1) is 12.9. The van der Waals surface area contributed by atoms with Crippen molar-refractivity contribution in [2.75, 3.05) is 6.54 Å². The molecular formula is C11H16N2O2S. The van der Waals surface area contributed by atoms with Crippen LogP contribution < -0.4 is 5.32 Å². The van der Waals surface area contributed by atoms with Gasteiger partial charge < -0.3 is 10.4 Å². The molecule has 16 heavy (non-hydrogen) atoms. The van der Waals surface area contributed by atoms with E-state index in [0.29, 0.717) is 6.42 Å². The fraction of sp³-hybridized carbons (Fsp3) is 0.455. The predicted octanol–water partition coefficient (Wildman–Crippen LogP) is 1.35. The molecule has 1 amide bonds. The summed E-state index contributed by atoms with van der Waals surface area (Å²) >= 11 is 1.54. The van der Waals surface area contributed by atoms with Gasteiger partial charge in [-0.1, -0.05) is 6.92 Å². The minimum Gasteiger partial charge on any atom is -0.391 e. The normalized spacial score (nSPS) is 12.9. The number of nitrogens with one attached hydrogen (secondary N) is 1. The summed E-state index contributed by atoms with van der Waals surface area (Å²) in [6, 6.07) is 0. The van der Waals surface area contributed by atoms with Gasteiger partial charge in [0.25, 0.3) is 0 Å².